The molecule has 146 valence electrons. The quantitative estimate of drug-likeness (QED) is 0.694. The van der Waals surface area contributed by atoms with Crippen molar-refractivity contribution in [3.05, 3.63) is 75.5 Å². The van der Waals surface area contributed by atoms with E-state index in [1.807, 2.05) is 18.2 Å². The second-order valence-corrected chi connectivity index (χ2v) is 6.85. The number of anilines is 1. The molecule has 0 bridgehead atoms. The van der Waals surface area contributed by atoms with E-state index in [0.717, 1.165) is 31.6 Å². The molecule has 28 heavy (non-hydrogen) atoms. The van der Waals surface area contributed by atoms with E-state index < -0.39 is 5.56 Å². The molecule has 2 heterocycles. The molecule has 1 aliphatic rings. The maximum absolute atomic E-state index is 12.6. The van der Waals surface area contributed by atoms with Crippen LogP contribution in [0.2, 0.25) is 0 Å². The maximum atomic E-state index is 12.6. The second-order valence-electron chi connectivity index (χ2n) is 6.85. The number of amides is 1. The van der Waals surface area contributed by atoms with Crippen molar-refractivity contribution < 1.29 is 4.79 Å². The van der Waals surface area contributed by atoms with Crippen molar-refractivity contribution in [2.24, 2.45) is 5.92 Å². The van der Waals surface area contributed by atoms with Crippen molar-refractivity contribution >= 4 is 22.4 Å². The molecule has 7 nitrogen and oxygen atoms in total. The highest BCUT2D eigenvalue weighted by atomic mass is 16.2. The van der Waals surface area contributed by atoms with Gasteiger partial charge in [0.1, 0.15) is 0 Å². The SMILES string of the molecule is C=C/C=C\C=C(/C)N1CCC(C(=O)Nc2ccc3c(=O)[nH][nH]c(=O)c3c2)CC1. The number of carbonyl (C=O) groups is 1. The average Bonchev–Trinajstić information content (AvgIpc) is 2.71. The van der Waals surface area contributed by atoms with Crippen LogP contribution in [0.25, 0.3) is 10.8 Å². The fourth-order valence-corrected chi connectivity index (χ4v) is 3.37. The molecule has 0 unspecified atom stereocenters. The fraction of sp³-hybridized carbons (Fsp3) is 0.286. The number of fused-ring (bicyclic) bond motifs is 1. The van der Waals surface area contributed by atoms with Crippen LogP contribution in [0.3, 0.4) is 0 Å². The zero-order chi connectivity index (χ0) is 20.1. The minimum atomic E-state index is -0.397. The monoisotopic (exact) mass is 380 g/mol. The van der Waals surface area contributed by atoms with Gasteiger partial charge in [-0.25, -0.2) is 0 Å². The predicted octanol–water partition coefficient (Wildman–Crippen LogP) is 2.51. The number of benzene rings is 1. The first-order valence-electron chi connectivity index (χ1n) is 9.26. The lowest BCUT2D eigenvalue weighted by Gasteiger charge is -2.33. The van der Waals surface area contributed by atoms with Crippen LogP contribution in [0.5, 0.6) is 0 Å². The number of rotatable bonds is 5. The van der Waals surface area contributed by atoms with Gasteiger partial charge < -0.3 is 10.2 Å². The Morgan fingerprint density at radius 3 is 2.50 bits per heavy atom. The van der Waals surface area contributed by atoms with Gasteiger partial charge in [-0.05, 0) is 44.0 Å². The smallest absolute Gasteiger partial charge is 0.270 e. The molecule has 1 aromatic heterocycles. The molecule has 1 saturated heterocycles. The van der Waals surface area contributed by atoms with E-state index in [1.54, 1.807) is 18.2 Å². The summed E-state index contributed by atoms with van der Waals surface area (Å²) in [5.41, 5.74) is 0.913. The third-order valence-corrected chi connectivity index (χ3v) is 5.02. The van der Waals surface area contributed by atoms with E-state index in [-0.39, 0.29) is 22.8 Å². The van der Waals surface area contributed by atoms with E-state index in [4.69, 9.17) is 0 Å². The summed E-state index contributed by atoms with van der Waals surface area (Å²) in [6.07, 6.45) is 9.12. The Balaban J connectivity index is 1.64. The van der Waals surface area contributed by atoms with Crippen LogP contribution in [0.15, 0.2) is 64.4 Å². The Morgan fingerprint density at radius 2 is 1.82 bits per heavy atom. The van der Waals surface area contributed by atoms with Crippen LogP contribution in [-0.4, -0.2) is 34.1 Å². The van der Waals surface area contributed by atoms with Crippen molar-refractivity contribution in [1.29, 1.82) is 0 Å². The van der Waals surface area contributed by atoms with Gasteiger partial charge >= 0.3 is 0 Å². The van der Waals surface area contributed by atoms with Gasteiger partial charge in [0.05, 0.1) is 10.8 Å². The number of carbonyl (C=O) groups excluding carboxylic acids is 1. The number of piperidine rings is 1. The number of nitrogens with one attached hydrogen (secondary N) is 3. The van der Waals surface area contributed by atoms with E-state index in [2.05, 4.69) is 33.9 Å². The van der Waals surface area contributed by atoms with Gasteiger partial charge in [0, 0.05) is 30.4 Å². The van der Waals surface area contributed by atoms with Crippen LogP contribution in [0.4, 0.5) is 5.69 Å². The molecule has 0 aliphatic carbocycles. The first kappa shape index (κ1) is 19.4. The Kier molecular flexibility index (Phi) is 5.93. The molecule has 3 N–H and O–H groups in total. The topological polar surface area (TPSA) is 98.1 Å². The summed E-state index contributed by atoms with van der Waals surface area (Å²) in [5, 5.41) is 8.00. The van der Waals surface area contributed by atoms with Gasteiger partial charge in [-0.15, -0.1) is 0 Å². The standard InChI is InChI=1S/C21H24N4O3/c1-3-4-5-6-14(2)25-11-9-15(10-12-25)19(26)22-16-7-8-17-18(13-16)21(28)24-23-20(17)27/h3-8,13,15H,1,9-12H2,2H3,(H,22,26)(H,23,27)(H,24,28)/b5-4-,14-6+. The van der Waals surface area contributed by atoms with Gasteiger partial charge in [0.15, 0.2) is 0 Å². The number of hydrogen-bond donors (Lipinski definition) is 3. The summed E-state index contributed by atoms with van der Waals surface area (Å²) in [6.45, 7) is 7.34. The molecule has 7 heteroatoms. The van der Waals surface area contributed by atoms with Crippen LogP contribution in [0.1, 0.15) is 19.8 Å². The molecule has 1 amide bonds. The van der Waals surface area contributed by atoms with Crippen LogP contribution >= 0.6 is 0 Å². The van der Waals surface area contributed by atoms with Crippen molar-refractivity contribution in [3.8, 4) is 0 Å². The van der Waals surface area contributed by atoms with E-state index in [1.165, 1.54) is 6.07 Å². The Hall–Kier alpha value is -3.35. The Bertz CT molecular complexity index is 1050. The van der Waals surface area contributed by atoms with E-state index in [0.29, 0.717) is 11.1 Å². The molecule has 2 aromatic rings. The minimum Gasteiger partial charge on any atom is -0.375 e. The van der Waals surface area contributed by atoms with Crippen molar-refractivity contribution in [2.45, 2.75) is 19.8 Å². The highest BCUT2D eigenvalue weighted by Crippen LogP contribution is 2.22. The zero-order valence-electron chi connectivity index (χ0n) is 15.8. The van der Waals surface area contributed by atoms with Gasteiger partial charge in [-0.1, -0.05) is 24.8 Å². The lowest BCUT2D eigenvalue weighted by atomic mass is 9.95. The molecule has 3 rings (SSSR count). The van der Waals surface area contributed by atoms with Crippen molar-refractivity contribution in [2.75, 3.05) is 18.4 Å². The lowest BCUT2D eigenvalue weighted by Crippen LogP contribution is -2.37. The van der Waals surface area contributed by atoms with Gasteiger partial charge in [-0.2, -0.15) is 0 Å². The number of hydrogen-bond acceptors (Lipinski definition) is 4. The van der Waals surface area contributed by atoms with Crippen molar-refractivity contribution in [3.63, 3.8) is 0 Å². The summed E-state index contributed by atoms with van der Waals surface area (Å²) < 4.78 is 0. The number of H-pyrrole nitrogens is 2. The molecule has 1 aliphatic heterocycles. The minimum absolute atomic E-state index is 0.0616. The summed E-state index contributed by atoms with van der Waals surface area (Å²) in [5.74, 6) is -0.144. The lowest BCUT2D eigenvalue weighted by molar-refractivity contribution is -0.121. The van der Waals surface area contributed by atoms with Crippen LogP contribution < -0.4 is 16.4 Å². The fourth-order valence-electron chi connectivity index (χ4n) is 3.37. The maximum Gasteiger partial charge on any atom is 0.270 e. The van der Waals surface area contributed by atoms with Crippen LogP contribution in [-0.2, 0) is 4.79 Å². The first-order valence-corrected chi connectivity index (χ1v) is 9.26. The largest absolute Gasteiger partial charge is 0.375 e. The highest BCUT2D eigenvalue weighted by molar-refractivity contribution is 5.95. The number of likely N-dealkylation sites (tertiary alicyclic amines) is 1. The number of aromatic amines is 2. The normalized spacial score (nSPS) is 15.9. The molecule has 0 spiro atoms. The predicted molar refractivity (Wildman–Crippen MR) is 111 cm³/mol. The molecular weight excluding hydrogens is 356 g/mol. The average molecular weight is 380 g/mol. The van der Waals surface area contributed by atoms with E-state index >= 15 is 0 Å². The number of aromatic nitrogens is 2. The summed E-state index contributed by atoms with van der Waals surface area (Å²) >= 11 is 0. The molecular formula is C21H24N4O3. The summed E-state index contributed by atoms with van der Waals surface area (Å²) in [6, 6.07) is 4.73. The third kappa shape index (κ3) is 4.31. The van der Waals surface area contributed by atoms with Crippen LogP contribution in [0, 0.1) is 5.92 Å². The molecule has 0 radical (unpaired) electrons. The molecule has 0 atom stereocenters. The zero-order valence-corrected chi connectivity index (χ0v) is 15.8. The molecule has 1 aromatic carbocycles. The Labute approximate surface area is 162 Å². The van der Waals surface area contributed by atoms with Gasteiger partial charge in [0.25, 0.3) is 11.1 Å². The molecule has 1 fully saturated rings. The highest BCUT2D eigenvalue weighted by Gasteiger charge is 2.25. The first-order chi connectivity index (χ1) is 13.5. The van der Waals surface area contributed by atoms with E-state index in [9.17, 15) is 14.4 Å². The second kappa shape index (κ2) is 8.56. The summed E-state index contributed by atoms with van der Waals surface area (Å²) in [7, 11) is 0. The van der Waals surface area contributed by atoms with Crippen molar-refractivity contribution in [1.82, 2.24) is 15.1 Å². The Morgan fingerprint density at radius 1 is 1.14 bits per heavy atom. The molecule has 0 saturated carbocycles. The third-order valence-electron chi connectivity index (χ3n) is 5.02. The number of nitrogens with zero attached hydrogens (tertiary/aromatic N) is 1. The van der Waals surface area contributed by atoms with Gasteiger partial charge in [0.2, 0.25) is 5.91 Å². The summed E-state index contributed by atoms with van der Waals surface area (Å²) in [4.78, 5) is 38.5. The number of allylic oxidation sites excluding steroid dienone is 5. The van der Waals surface area contributed by atoms with Gasteiger partial charge in [-0.3, -0.25) is 24.6 Å².